The van der Waals surface area contributed by atoms with Gasteiger partial charge in [0.2, 0.25) is 15.9 Å². The van der Waals surface area contributed by atoms with Crippen molar-refractivity contribution in [1.82, 2.24) is 9.97 Å². The smallest absolute Gasteiger partial charge is 0.231 e. The first-order chi connectivity index (χ1) is 8.75. The van der Waals surface area contributed by atoms with Crippen molar-refractivity contribution in [3.63, 3.8) is 0 Å². The van der Waals surface area contributed by atoms with Crippen LogP contribution in [-0.2, 0) is 14.8 Å². The summed E-state index contributed by atoms with van der Waals surface area (Å²) in [5, 5.41) is 4.25. The van der Waals surface area contributed by atoms with Gasteiger partial charge in [-0.15, -0.1) is 0 Å². The molecule has 19 heavy (non-hydrogen) atoms. The van der Waals surface area contributed by atoms with E-state index in [1.54, 1.807) is 13.8 Å². The van der Waals surface area contributed by atoms with Crippen LogP contribution in [0.4, 0.5) is 0 Å². The molecule has 2 atom stereocenters. The summed E-state index contributed by atoms with van der Waals surface area (Å²) in [4.78, 5) is 8.09. The molecule has 0 aliphatic heterocycles. The SMILES string of the molecule is COc1cnc([C@H](OC(C)C)[C@H](C)S(N)(=O)=O)cn1. The van der Waals surface area contributed by atoms with Crippen molar-refractivity contribution in [3.05, 3.63) is 18.1 Å². The van der Waals surface area contributed by atoms with E-state index in [0.717, 1.165) is 0 Å². The van der Waals surface area contributed by atoms with Crippen molar-refractivity contribution in [1.29, 1.82) is 0 Å². The maximum atomic E-state index is 11.5. The summed E-state index contributed by atoms with van der Waals surface area (Å²) in [5.41, 5.74) is 0.399. The molecule has 7 nitrogen and oxygen atoms in total. The number of hydrogen-bond acceptors (Lipinski definition) is 6. The highest BCUT2D eigenvalue weighted by molar-refractivity contribution is 7.89. The van der Waals surface area contributed by atoms with Crippen molar-refractivity contribution in [2.45, 2.75) is 38.2 Å². The Balaban J connectivity index is 3.08. The molecule has 0 aliphatic carbocycles. The Kier molecular flexibility index (Phi) is 5.21. The minimum atomic E-state index is -3.74. The number of rotatable bonds is 6. The van der Waals surface area contributed by atoms with E-state index in [-0.39, 0.29) is 6.10 Å². The summed E-state index contributed by atoms with van der Waals surface area (Å²) in [5.74, 6) is 0.343. The van der Waals surface area contributed by atoms with E-state index in [0.29, 0.717) is 11.6 Å². The van der Waals surface area contributed by atoms with Gasteiger partial charge in [0.25, 0.3) is 0 Å². The van der Waals surface area contributed by atoms with Crippen LogP contribution in [0.15, 0.2) is 12.4 Å². The molecule has 8 heteroatoms. The summed E-state index contributed by atoms with van der Waals surface area (Å²) in [6, 6.07) is 0. The average molecular weight is 289 g/mol. The molecule has 1 aromatic rings. The van der Waals surface area contributed by atoms with Crippen LogP contribution in [0.25, 0.3) is 0 Å². The van der Waals surface area contributed by atoms with Crippen molar-refractivity contribution in [2.75, 3.05) is 7.11 Å². The molecular formula is C11H19N3O4S. The molecule has 0 saturated heterocycles. The first-order valence-corrected chi connectivity index (χ1v) is 7.39. The van der Waals surface area contributed by atoms with E-state index in [4.69, 9.17) is 14.6 Å². The Hall–Kier alpha value is -1.25. The van der Waals surface area contributed by atoms with Crippen molar-refractivity contribution >= 4 is 10.0 Å². The molecule has 0 spiro atoms. The van der Waals surface area contributed by atoms with Crippen LogP contribution in [0.2, 0.25) is 0 Å². The Morgan fingerprint density at radius 1 is 1.21 bits per heavy atom. The lowest BCUT2D eigenvalue weighted by atomic mass is 10.2. The zero-order valence-corrected chi connectivity index (χ0v) is 12.2. The second-order valence-electron chi connectivity index (χ2n) is 4.38. The number of aromatic nitrogens is 2. The van der Waals surface area contributed by atoms with E-state index in [1.807, 2.05) is 0 Å². The highest BCUT2D eigenvalue weighted by atomic mass is 32.2. The normalized spacial score (nSPS) is 15.3. The van der Waals surface area contributed by atoms with Gasteiger partial charge in [0.05, 0.1) is 31.3 Å². The van der Waals surface area contributed by atoms with Crippen LogP contribution in [0.1, 0.15) is 32.6 Å². The fourth-order valence-electron chi connectivity index (χ4n) is 1.46. The van der Waals surface area contributed by atoms with Gasteiger partial charge in [-0.05, 0) is 20.8 Å². The molecule has 0 bridgehead atoms. The minimum absolute atomic E-state index is 0.168. The average Bonchev–Trinajstić information content (AvgIpc) is 2.34. The number of hydrogen-bond donors (Lipinski definition) is 1. The van der Waals surface area contributed by atoms with Gasteiger partial charge < -0.3 is 9.47 Å². The highest BCUT2D eigenvalue weighted by Gasteiger charge is 2.31. The molecule has 0 amide bonds. The second-order valence-corrected chi connectivity index (χ2v) is 6.30. The predicted molar refractivity (Wildman–Crippen MR) is 70.1 cm³/mol. The quantitative estimate of drug-likeness (QED) is 0.823. The van der Waals surface area contributed by atoms with Crippen LogP contribution in [0.5, 0.6) is 5.88 Å². The molecule has 0 radical (unpaired) electrons. The van der Waals surface area contributed by atoms with E-state index in [2.05, 4.69) is 9.97 Å². The van der Waals surface area contributed by atoms with E-state index >= 15 is 0 Å². The third kappa shape index (κ3) is 4.41. The zero-order valence-electron chi connectivity index (χ0n) is 11.4. The first kappa shape index (κ1) is 15.8. The third-order valence-corrected chi connectivity index (χ3v) is 3.80. The highest BCUT2D eigenvalue weighted by Crippen LogP contribution is 2.25. The predicted octanol–water partition coefficient (Wildman–Crippen LogP) is 0.628. The summed E-state index contributed by atoms with van der Waals surface area (Å²) >= 11 is 0. The monoisotopic (exact) mass is 289 g/mol. The number of nitrogens with zero attached hydrogens (tertiary/aromatic N) is 2. The lowest BCUT2D eigenvalue weighted by Crippen LogP contribution is -2.34. The summed E-state index contributed by atoms with van der Waals surface area (Å²) < 4.78 is 33.4. The van der Waals surface area contributed by atoms with E-state index < -0.39 is 21.4 Å². The first-order valence-electron chi connectivity index (χ1n) is 5.78. The summed E-state index contributed by atoms with van der Waals surface area (Å²) in [6.45, 7) is 5.09. The number of ether oxygens (including phenoxy) is 2. The van der Waals surface area contributed by atoms with Gasteiger partial charge in [-0.3, -0.25) is 4.98 Å². The van der Waals surface area contributed by atoms with Crippen molar-refractivity contribution in [2.24, 2.45) is 5.14 Å². The van der Waals surface area contributed by atoms with Crippen LogP contribution < -0.4 is 9.88 Å². The van der Waals surface area contributed by atoms with E-state index in [1.165, 1.54) is 26.4 Å². The molecule has 108 valence electrons. The van der Waals surface area contributed by atoms with Crippen LogP contribution in [-0.4, -0.2) is 36.8 Å². The molecule has 2 N–H and O–H groups in total. The standard InChI is InChI=1S/C11H19N3O4S/c1-7(2)18-11(8(3)19(12,15)16)9-5-14-10(17-4)6-13-9/h5-8,11H,1-4H3,(H2,12,15,16)/t8-,11+/m0/s1. The molecule has 0 aromatic carbocycles. The third-order valence-electron chi connectivity index (χ3n) is 2.51. The van der Waals surface area contributed by atoms with Gasteiger partial charge in [0, 0.05) is 0 Å². The lowest BCUT2D eigenvalue weighted by molar-refractivity contribution is 0.00382. The Morgan fingerprint density at radius 3 is 2.21 bits per heavy atom. The molecule has 0 fully saturated rings. The number of nitrogens with two attached hydrogens (primary N) is 1. The molecule has 0 aliphatic rings. The number of methoxy groups -OCH3 is 1. The Labute approximate surface area is 113 Å². The lowest BCUT2D eigenvalue weighted by Gasteiger charge is -2.24. The molecular weight excluding hydrogens is 270 g/mol. The summed E-state index contributed by atoms with van der Waals surface area (Å²) in [7, 11) is -2.26. The molecule has 0 unspecified atom stereocenters. The molecule has 1 aromatic heterocycles. The van der Waals surface area contributed by atoms with Gasteiger partial charge in [0.1, 0.15) is 11.4 Å². The van der Waals surface area contributed by atoms with Crippen LogP contribution in [0, 0.1) is 0 Å². The molecule has 1 heterocycles. The van der Waals surface area contributed by atoms with Gasteiger partial charge in [-0.25, -0.2) is 18.5 Å². The van der Waals surface area contributed by atoms with Gasteiger partial charge in [0.15, 0.2) is 0 Å². The number of sulfonamides is 1. The zero-order chi connectivity index (χ0) is 14.6. The topological polar surface area (TPSA) is 104 Å². The van der Waals surface area contributed by atoms with Gasteiger partial charge in [-0.2, -0.15) is 0 Å². The number of primary sulfonamides is 1. The van der Waals surface area contributed by atoms with Gasteiger partial charge >= 0.3 is 0 Å². The van der Waals surface area contributed by atoms with Gasteiger partial charge in [-0.1, -0.05) is 0 Å². The van der Waals surface area contributed by atoms with Crippen molar-refractivity contribution < 1.29 is 17.9 Å². The van der Waals surface area contributed by atoms with Crippen molar-refractivity contribution in [3.8, 4) is 5.88 Å². The molecule has 0 saturated carbocycles. The fourth-order valence-corrected chi connectivity index (χ4v) is 2.01. The minimum Gasteiger partial charge on any atom is -0.480 e. The maximum absolute atomic E-state index is 11.5. The second kappa shape index (κ2) is 6.27. The maximum Gasteiger partial charge on any atom is 0.231 e. The Bertz CT molecular complexity index is 501. The Morgan fingerprint density at radius 2 is 1.84 bits per heavy atom. The van der Waals surface area contributed by atoms with E-state index in [9.17, 15) is 8.42 Å². The summed E-state index contributed by atoms with van der Waals surface area (Å²) in [6.07, 6.45) is 1.89. The van der Waals surface area contributed by atoms with Crippen LogP contribution >= 0.6 is 0 Å². The fraction of sp³-hybridized carbons (Fsp3) is 0.636. The molecule has 1 rings (SSSR count). The largest absolute Gasteiger partial charge is 0.480 e. The van der Waals surface area contributed by atoms with Crippen LogP contribution in [0.3, 0.4) is 0 Å².